The van der Waals surface area contributed by atoms with Gasteiger partial charge in [-0.05, 0) is 25.5 Å². The lowest BCUT2D eigenvalue weighted by Crippen LogP contribution is -2.45. The minimum atomic E-state index is -0.661. The highest BCUT2D eigenvalue weighted by Crippen LogP contribution is 2.30. The third-order valence-electron chi connectivity index (χ3n) is 5.19. The van der Waals surface area contributed by atoms with Gasteiger partial charge in [-0.25, -0.2) is 0 Å². The van der Waals surface area contributed by atoms with E-state index in [0.717, 1.165) is 67.1 Å². The van der Waals surface area contributed by atoms with Crippen molar-refractivity contribution >= 4 is 47.4 Å². The summed E-state index contributed by atoms with van der Waals surface area (Å²) in [5.41, 5.74) is 0.436. The van der Waals surface area contributed by atoms with Crippen molar-refractivity contribution in [2.45, 2.75) is 31.4 Å². The topological polar surface area (TPSA) is 78.4 Å². The molecule has 2 heterocycles. The van der Waals surface area contributed by atoms with Crippen LogP contribution in [-0.2, 0) is 0 Å². The Morgan fingerprint density at radius 3 is 2.62 bits per heavy atom. The van der Waals surface area contributed by atoms with E-state index in [0.29, 0.717) is 12.6 Å². The molecule has 1 aromatic rings. The minimum Gasteiger partial charge on any atom is -0.497 e. The van der Waals surface area contributed by atoms with Crippen molar-refractivity contribution in [1.82, 2.24) is 10.6 Å². The molecule has 0 amide bonds. The highest BCUT2D eigenvalue weighted by Gasteiger charge is 2.32. The van der Waals surface area contributed by atoms with Crippen molar-refractivity contribution in [3.05, 3.63) is 18.2 Å². The number of hydrogen-bond acceptors (Lipinski definition) is 6. The van der Waals surface area contributed by atoms with E-state index in [1.165, 1.54) is 0 Å². The van der Waals surface area contributed by atoms with E-state index in [2.05, 4.69) is 27.4 Å². The summed E-state index contributed by atoms with van der Waals surface area (Å²) in [4.78, 5) is 6.98. The highest BCUT2D eigenvalue weighted by atomic mass is 127. The number of thioether (sulfide) groups is 1. The zero-order valence-corrected chi connectivity index (χ0v) is 20.6. The van der Waals surface area contributed by atoms with Gasteiger partial charge < -0.3 is 30.1 Å². The molecule has 2 aliphatic rings. The van der Waals surface area contributed by atoms with Crippen LogP contribution in [0, 0.1) is 0 Å². The summed E-state index contributed by atoms with van der Waals surface area (Å²) >= 11 is 1.80. The van der Waals surface area contributed by atoms with Crippen molar-refractivity contribution in [2.75, 3.05) is 56.8 Å². The number of methoxy groups -OCH3 is 2. The Kier molecular flexibility index (Phi) is 9.48. The van der Waals surface area contributed by atoms with Gasteiger partial charge in [0.2, 0.25) is 0 Å². The summed E-state index contributed by atoms with van der Waals surface area (Å²) in [6.07, 6.45) is 1.83. The lowest BCUT2D eigenvalue weighted by Gasteiger charge is -2.23. The molecule has 0 bridgehead atoms. The number of nitrogens with one attached hydrogen (secondary N) is 2. The molecular weight excluding hydrogens is 503 g/mol. The van der Waals surface area contributed by atoms with Gasteiger partial charge in [-0.3, -0.25) is 4.99 Å². The smallest absolute Gasteiger partial charge is 0.191 e. The molecule has 2 atom stereocenters. The van der Waals surface area contributed by atoms with Crippen LogP contribution < -0.4 is 25.0 Å². The molecule has 9 heteroatoms. The van der Waals surface area contributed by atoms with E-state index in [-0.39, 0.29) is 24.0 Å². The predicted octanol–water partition coefficient (Wildman–Crippen LogP) is 2.32. The second-order valence-electron chi connectivity index (χ2n) is 7.37. The van der Waals surface area contributed by atoms with Gasteiger partial charge >= 0.3 is 0 Å². The van der Waals surface area contributed by atoms with E-state index in [1.54, 1.807) is 26.0 Å². The first-order valence-electron chi connectivity index (χ1n) is 9.88. The van der Waals surface area contributed by atoms with Crippen LogP contribution in [0.2, 0.25) is 0 Å². The lowest BCUT2D eigenvalue weighted by atomic mass is 10.1. The highest BCUT2D eigenvalue weighted by molar-refractivity contribution is 14.0. The molecule has 1 aromatic carbocycles. The Morgan fingerprint density at radius 2 is 2.03 bits per heavy atom. The van der Waals surface area contributed by atoms with Crippen molar-refractivity contribution in [3.63, 3.8) is 0 Å². The number of anilines is 1. The van der Waals surface area contributed by atoms with Crippen molar-refractivity contribution in [1.29, 1.82) is 0 Å². The van der Waals surface area contributed by atoms with Gasteiger partial charge in [-0.2, -0.15) is 11.8 Å². The maximum absolute atomic E-state index is 10.5. The molecule has 29 heavy (non-hydrogen) atoms. The Morgan fingerprint density at radius 1 is 1.31 bits per heavy atom. The molecule has 0 saturated carbocycles. The van der Waals surface area contributed by atoms with Crippen LogP contribution in [-0.4, -0.2) is 74.6 Å². The predicted molar refractivity (Wildman–Crippen MR) is 132 cm³/mol. The van der Waals surface area contributed by atoms with Crippen molar-refractivity contribution in [3.8, 4) is 11.5 Å². The molecule has 0 aliphatic carbocycles. The maximum atomic E-state index is 10.5. The second-order valence-corrected chi connectivity index (χ2v) is 8.47. The Labute approximate surface area is 195 Å². The Balaban J connectivity index is 0.00000300. The summed E-state index contributed by atoms with van der Waals surface area (Å²) in [7, 11) is 3.34. The normalized spacial score (nSPS) is 24.2. The van der Waals surface area contributed by atoms with Gasteiger partial charge in [-0.1, -0.05) is 0 Å². The fourth-order valence-corrected chi connectivity index (χ4v) is 4.83. The number of halogens is 1. The van der Waals surface area contributed by atoms with Gasteiger partial charge in [0.15, 0.2) is 5.96 Å². The lowest BCUT2D eigenvalue weighted by molar-refractivity contribution is 0.0778. The van der Waals surface area contributed by atoms with E-state index < -0.39 is 5.60 Å². The number of nitrogens with zero attached hydrogens (tertiary/aromatic N) is 2. The Bertz CT molecular complexity index is 663. The number of aliphatic imine (C=N–C) groups is 1. The van der Waals surface area contributed by atoms with Crippen molar-refractivity contribution in [2.24, 2.45) is 4.99 Å². The molecule has 2 unspecified atom stereocenters. The van der Waals surface area contributed by atoms with Gasteiger partial charge in [0.1, 0.15) is 11.5 Å². The molecular formula is C20H33IN4O3S. The summed E-state index contributed by atoms with van der Waals surface area (Å²) in [5, 5.41) is 17.4. The van der Waals surface area contributed by atoms with Crippen LogP contribution in [0.5, 0.6) is 11.5 Å². The fraction of sp³-hybridized carbons (Fsp3) is 0.650. The van der Waals surface area contributed by atoms with E-state index in [4.69, 9.17) is 9.47 Å². The number of ether oxygens (including phenoxy) is 2. The summed E-state index contributed by atoms with van der Waals surface area (Å²) in [6.45, 7) is 5.12. The fourth-order valence-electron chi connectivity index (χ4n) is 3.55. The third-order valence-corrected chi connectivity index (χ3v) is 6.42. The molecule has 2 aliphatic heterocycles. The molecule has 3 rings (SSSR count). The standard InChI is InChI=1S/C20H32N4O3S.HI/c1-4-21-19(22-13-20(25)6-8-28-14-20)23-15-5-7-24(12-15)16-9-17(26-2)11-18(10-16)27-3;/h9-11,15,25H,4-8,12-14H2,1-3H3,(H2,21,22,23);1H. The summed E-state index contributed by atoms with van der Waals surface area (Å²) in [6, 6.07) is 6.26. The molecule has 7 nitrogen and oxygen atoms in total. The van der Waals surface area contributed by atoms with E-state index in [9.17, 15) is 5.11 Å². The monoisotopic (exact) mass is 536 g/mol. The van der Waals surface area contributed by atoms with Gasteiger partial charge in [-0.15, -0.1) is 24.0 Å². The van der Waals surface area contributed by atoms with Crippen LogP contribution in [0.4, 0.5) is 5.69 Å². The van der Waals surface area contributed by atoms with Gasteiger partial charge in [0.25, 0.3) is 0 Å². The van der Waals surface area contributed by atoms with Crippen molar-refractivity contribution < 1.29 is 14.6 Å². The average molecular weight is 536 g/mol. The van der Waals surface area contributed by atoms with E-state index >= 15 is 0 Å². The van der Waals surface area contributed by atoms with Gasteiger partial charge in [0, 0.05) is 55.3 Å². The zero-order valence-electron chi connectivity index (χ0n) is 17.4. The number of guanidine groups is 1. The largest absolute Gasteiger partial charge is 0.497 e. The number of aliphatic hydroxyl groups is 1. The first-order valence-corrected chi connectivity index (χ1v) is 11.0. The zero-order chi connectivity index (χ0) is 20.0. The van der Waals surface area contributed by atoms with Crippen LogP contribution >= 0.6 is 35.7 Å². The Hall–Kier alpha value is -1.07. The number of benzene rings is 1. The SMILES string of the molecule is CCNC(=NCC1(O)CCSC1)NC1CCN(c2cc(OC)cc(OC)c2)C1.I. The summed E-state index contributed by atoms with van der Waals surface area (Å²) in [5.74, 6) is 4.15. The van der Waals surface area contributed by atoms with Crippen LogP contribution in [0.25, 0.3) is 0 Å². The van der Waals surface area contributed by atoms with Gasteiger partial charge in [0.05, 0.1) is 26.4 Å². The molecule has 0 aromatic heterocycles. The first-order chi connectivity index (χ1) is 13.5. The molecule has 2 fully saturated rings. The van der Waals surface area contributed by atoms with Crippen LogP contribution in [0.15, 0.2) is 23.2 Å². The average Bonchev–Trinajstić information content (AvgIpc) is 3.35. The maximum Gasteiger partial charge on any atom is 0.191 e. The number of hydrogen-bond donors (Lipinski definition) is 3. The van der Waals surface area contributed by atoms with Crippen LogP contribution in [0.1, 0.15) is 19.8 Å². The molecule has 0 radical (unpaired) electrons. The minimum absolute atomic E-state index is 0. The number of rotatable bonds is 7. The first kappa shape index (κ1) is 24.2. The molecule has 2 saturated heterocycles. The second kappa shape index (κ2) is 11.4. The van der Waals surface area contributed by atoms with E-state index in [1.807, 2.05) is 18.2 Å². The summed E-state index contributed by atoms with van der Waals surface area (Å²) < 4.78 is 10.8. The van der Waals surface area contributed by atoms with Crippen LogP contribution in [0.3, 0.4) is 0 Å². The molecule has 3 N–H and O–H groups in total. The molecule has 164 valence electrons. The molecule has 0 spiro atoms. The third kappa shape index (κ3) is 6.71. The quantitative estimate of drug-likeness (QED) is 0.281.